The Morgan fingerprint density at radius 2 is 1.96 bits per heavy atom. The van der Waals surface area contributed by atoms with Gasteiger partial charge in [-0.2, -0.15) is 11.8 Å². The number of thiophene rings is 1. The summed E-state index contributed by atoms with van der Waals surface area (Å²) < 4.78 is 4.94. The molecule has 4 nitrogen and oxygen atoms in total. The number of amides is 1. The maximum Gasteiger partial charge on any atom is 0.341 e. The molecule has 1 amide bonds. The van der Waals surface area contributed by atoms with Gasteiger partial charge in [0, 0.05) is 22.8 Å². The van der Waals surface area contributed by atoms with Crippen LogP contribution < -0.4 is 5.32 Å². The van der Waals surface area contributed by atoms with E-state index in [-0.39, 0.29) is 11.9 Å². The van der Waals surface area contributed by atoms with Crippen LogP contribution in [0.15, 0.2) is 30.3 Å². The van der Waals surface area contributed by atoms with Crippen molar-refractivity contribution in [1.82, 2.24) is 0 Å². The number of esters is 1. The van der Waals surface area contributed by atoms with Gasteiger partial charge in [-0.25, -0.2) is 4.79 Å². The van der Waals surface area contributed by atoms with Crippen LogP contribution in [0.1, 0.15) is 45.6 Å². The van der Waals surface area contributed by atoms with E-state index in [2.05, 4.69) is 17.4 Å². The molecule has 2 aromatic rings. The molecule has 0 aliphatic heterocycles. The molecular weight excluding hydrogens is 366 g/mol. The molecule has 0 saturated heterocycles. The Morgan fingerprint density at radius 3 is 2.73 bits per heavy atom. The van der Waals surface area contributed by atoms with Crippen molar-refractivity contribution in [3.05, 3.63) is 51.9 Å². The Morgan fingerprint density at radius 1 is 1.19 bits per heavy atom. The number of carbonyl (C=O) groups excluding carboxylic acids is 2. The molecule has 0 fully saturated rings. The zero-order chi connectivity index (χ0) is 18.4. The minimum Gasteiger partial charge on any atom is -0.465 e. The fraction of sp³-hybridized carbons (Fsp3) is 0.400. The zero-order valence-electron chi connectivity index (χ0n) is 14.9. The quantitative estimate of drug-likeness (QED) is 0.552. The van der Waals surface area contributed by atoms with Gasteiger partial charge in [-0.1, -0.05) is 30.3 Å². The average molecular weight is 390 g/mol. The number of hydrogen-bond donors (Lipinski definition) is 1. The van der Waals surface area contributed by atoms with Crippen molar-refractivity contribution in [3.8, 4) is 0 Å². The Bertz CT molecular complexity index is 771. The first-order valence-corrected chi connectivity index (χ1v) is 10.8. The molecule has 6 heteroatoms. The van der Waals surface area contributed by atoms with Crippen LogP contribution in [-0.4, -0.2) is 24.7 Å². The van der Waals surface area contributed by atoms with E-state index in [9.17, 15) is 9.59 Å². The molecule has 0 bridgehead atoms. The normalized spacial score (nSPS) is 13.1. The zero-order valence-corrected chi connectivity index (χ0v) is 16.5. The summed E-state index contributed by atoms with van der Waals surface area (Å²) in [7, 11) is 1.39. The summed E-state index contributed by atoms with van der Waals surface area (Å²) in [5.41, 5.74) is 2.90. The molecule has 1 heterocycles. The maximum atomic E-state index is 12.3. The second-order valence-electron chi connectivity index (χ2n) is 6.24. The van der Waals surface area contributed by atoms with Gasteiger partial charge in [-0.05, 0) is 36.8 Å². The topological polar surface area (TPSA) is 55.4 Å². The van der Waals surface area contributed by atoms with Crippen LogP contribution in [0.2, 0.25) is 0 Å². The van der Waals surface area contributed by atoms with Crippen molar-refractivity contribution in [2.75, 3.05) is 18.2 Å². The first kappa shape index (κ1) is 19.0. The molecule has 3 rings (SSSR count). The fourth-order valence-corrected chi connectivity index (χ4v) is 5.29. The lowest BCUT2D eigenvalue weighted by Gasteiger charge is -2.11. The minimum atomic E-state index is -0.349. The van der Waals surface area contributed by atoms with Crippen molar-refractivity contribution in [2.45, 2.75) is 37.9 Å². The Kier molecular flexibility index (Phi) is 6.74. The number of rotatable bonds is 7. The number of aryl methyl sites for hydroxylation is 1. The van der Waals surface area contributed by atoms with Gasteiger partial charge in [0.15, 0.2) is 0 Å². The van der Waals surface area contributed by atoms with Gasteiger partial charge in [-0.15, -0.1) is 11.3 Å². The molecule has 0 radical (unpaired) electrons. The molecule has 1 N–H and O–H groups in total. The van der Waals surface area contributed by atoms with Crippen LogP contribution in [0.4, 0.5) is 5.00 Å². The van der Waals surface area contributed by atoms with E-state index in [1.54, 1.807) is 11.8 Å². The summed E-state index contributed by atoms with van der Waals surface area (Å²) in [6.45, 7) is 0. The molecule has 26 heavy (non-hydrogen) atoms. The number of ether oxygens (including phenoxy) is 1. The monoisotopic (exact) mass is 389 g/mol. The van der Waals surface area contributed by atoms with E-state index in [1.807, 2.05) is 18.2 Å². The summed E-state index contributed by atoms with van der Waals surface area (Å²) in [6.07, 6.45) is 4.52. The van der Waals surface area contributed by atoms with Crippen LogP contribution in [0.3, 0.4) is 0 Å². The predicted octanol–water partition coefficient (Wildman–Crippen LogP) is 4.68. The lowest BCUT2D eigenvalue weighted by atomic mass is 9.95. The molecule has 1 aromatic heterocycles. The van der Waals surface area contributed by atoms with E-state index in [4.69, 9.17) is 4.74 Å². The third kappa shape index (κ3) is 4.68. The van der Waals surface area contributed by atoms with Gasteiger partial charge in [0.2, 0.25) is 5.91 Å². The second kappa shape index (κ2) is 9.24. The Hall–Kier alpha value is -1.79. The first-order chi connectivity index (χ1) is 12.7. The highest BCUT2D eigenvalue weighted by Crippen LogP contribution is 2.38. The van der Waals surface area contributed by atoms with Crippen LogP contribution in [0, 0.1) is 0 Å². The van der Waals surface area contributed by atoms with Gasteiger partial charge in [-0.3, -0.25) is 4.79 Å². The molecule has 0 spiro atoms. The number of thioether (sulfide) groups is 1. The fourth-order valence-electron chi connectivity index (χ4n) is 3.09. The summed E-state index contributed by atoms with van der Waals surface area (Å²) in [6, 6.07) is 10.2. The number of methoxy groups -OCH3 is 1. The number of fused-ring (bicyclic) bond motifs is 1. The van der Waals surface area contributed by atoms with Crippen molar-refractivity contribution in [3.63, 3.8) is 0 Å². The smallest absolute Gasteiger partial charge is 0.341 e. The van der Waals surface area contributed by atoms with Crippen molar-refractivity contribution >= 4 is 40.0 Å². The summed E-state index contributed by atoms with van der Waals surface area (Å²) in [4.78, 5) is 25.7. The number of anilines is 1. The van der Waals surface area contributed by atoms with Gasteiger partial charge in [0.25, 0.3) is 0 Å². The standard InChI is InChI=1S/C20H23NO3S2/c1-24-20(23)18-15-9-5-6-10-16(15)26-19(18)21-17(22)11-12-25-13-14-7-3-2-4-8-14/h2-4,7-8H,5-6,9-13H2,1H3,(H,21,22). The van der Waals surface area contributed by atoms with Gasteiger partial charge in [0.05, 0.1) is 12.7 Å². The molecule has 0 unspecified atom stereocenters. The predicted molar refractivity (Wildman–Crippen MR) is 108 cm³/mol. The SMILES string of the molecule is COC(=O)c1c(NC(=O)CCSCc2ccccc2)sc2c1CCCC2. The number of nitrogens with one attached hydrogen (secondary N) is 1. The van der Waals surface area contributed by atoms with E-state index in [1.165, 1.54) is 28.9 Å². The molecule has 1 aliphatic carbocycles. The largest absolute Gasteiger partial charge is 0.465 e. The molecule has 1 aliphatic rings. The number of benzene rings is 1. The lowest BCUT2D eigenvalue weighted by molar-refractivity contribution is -0.115. The third-order valence-corrected chi connectivity index (χ3v) is 6.64. The Labute approximate surface area is 162 Å². The highest BCUT2D eigenvalue weighted by atomic mass is 32.2. The van der Waals surface area contributed by atoms with E-state index >= 15 is 0 Å². The lowest BCUT2D eigenvalue weighted by Crippen LogP contribution is -2.15. The average Bonchev–Trinajstić information content (AvgIpc) is 3.03. The number of hydrogen-bond acceptors (Lipinski definition) is 5. The van der Waals surface area contributed by atoms with Crippen molar-refractivity contribution in [2.24, 2.45) is 0 Å². The summed E-state index contributed by atoms with van der Waals surface area (Å²) in [5, 5.41) is 3.60. The van der Waals surface area contributed by atoms with Crippen LogP contribution in [0.25, 0.3) is 0 Å². The van der Waals surface area contributed by atoms with Gasteiger partial charge in [0.1, 0.15) is 5.00 Å². The summed E-state index contributed by atoms with van der Waals surface area (Å²) >= 11 is 3.27. The van der Waals surface area contributed by atoms with Crippen LogP contribution in [-0.2, 0) is 28.1 Å². The van der Waals surface area contributed by atoms with Crippen LogP contribution in [0.5, 0.6) is 0 Å². The first-order valence-electron chi connectivity index (χ1n) is 8.83. The van der Waals surface area contributed by atoms with Crippen molar-refractivity contribution < 1.29 is 14.3 Å². The van der Waals surface area contributed by atoms with Gasteiger partial charge >= 0.3 is 5.97 Å². The highest BCUT2D eigenvalue weighted by Gasteiger charge is 2.26. The van der Waals surface area contributed by atoms with E-state index in [0.717, 1.165) is 42.8 Å². The molecule has 138 valence electrons. The third-order valence-electron chi connectivity index (χ3n) is 4.40. The molecule has 1 aromatic carbocycles. The van der Waals surface area contributed by atoms with E-state index in [0.29, 0.717) is 17.0 Å². The second-order valence-corrected chi connectivity index (χ2v) is 8.45. The molecule has 0 saturated carbocycles. The molecule has 0 atom stereocenters. The maximum absolute atomic E-state index is 12.3. The van der Waals surface area contributed by atoms with E-state index < -0.39 is 0 Å². The number of carbonyl (C=O) groups is 2. The van der Waals surface area contributed by atoms with Crippen LogP contribution >= 0.6 is 23.1 Å². The van der Waals surface area contributed by atoms with Crippen molar-refractivity contribution in [1.29, 1.82) is 0 Å². The Balaban J connectivity index is 1.57. The highest BCUT2D eigenvalue weighted by molar-refractivity contribution is 7.98. The minimum absolute atomic E-state index is 0.0469. The molecular formula is C20H23NO3S2. The van der Waals surface area contributed by atoms with Gasteiger partial charge < -0.3 is 10.1 Å². The summed E-state index contributed by atoms with van der Waals surface area (Å²) in [5.74, 6) is 1.25.